The van der Waals surface area contributed by atoms with Crippen LogP contribution in [0.2, 0.25) is 0 Å². The number of aryl methyl sites for hydroxylation is 1. The third-order valence-corrected chi connectivity index (χ3v) is 5.07. The maximum absolute atomic E-state index is 12.5. The molecular weight excluding hydrogens is 352 g/mol. The van der Waals surface area contributed by atoms with Crippen LogP contribution in [0.1, 0.15) is 34.6 Å². The second-order valence-corrected chi connectivity index (χ2v) is 6.92. The van der Waals surface area contributed by atoms with E-state index >= 15 is 0 Å². The van der Waals surface area contributed by atoms with Crippen molar-refractivity contribution in [1.29, 1.82) is 0 Å². The van der Waals surface area contributed by atoms with Crippen molar-refractivity contribution in [3.63, 3.8) is 0 Å². The first kappa shape index (κ1) is 18.1. The van der Waals surface area contributed by atoms with Crippen LogP contribution in [-0.2, 0) is 22.5 Å². The molecule has 0 aliphatic rings. The third-order valence-electron chi connectivity index (χ3n) is 4.01. The molecule has 1 aromatic carbocycles. The maximum atomic E-state index is 12.5. The molecular formula is C18H20N4O3S. The summed E-state index contributed by atoms with van der Waals surface area (Å²) in [5.41, 5.74) is 2.88. The lowest BCUT2D eigenvalue weighted by atomic mass is 10.1. The van der Waals surface area contributed by atoms with Crippen LogP contribution in [-0.4, -0.2) is 33.5 Å². The quantitative estimate of drug-likeness (QED) is 0.672. The molecule has 0 saturated heterocycles. The number of nitrogens with one attached hydrogen (secondary N) is 1. The molecule has 0 aliphatic carbocycles. The zero-order valence-corrected chi connectivity index (χ0v) is 15.7. The van der Waals surface area contributed by atoms with Crippen LogP contribution in [0.5, 0.6) is 0 Å². The van der Waals surface area contributed by atoms with E-state index in [4.69, 9.17) is 4.74 Å². The summed E-state index contributed by atoms with van der Waals surface area (Å²) in [5, 5.41) is 11.4. The predicted octanol–water partition coefficient (Wildman–Crippen LogP) is 3.18. The van der Waals surface area contributed by atoms with Gasteiger partial charge in [-0.25, -0.2) is 9.48 Å². The zero-order chi connectivity index (χ0) is 18.7. The van der Waals surface area contributed by atoms with Crippen LogP contribution in [0, 0.1) is 6.92 Å². The van der Waals surface area contributed by atoms with E-state index in [0.29, 0.717) is 17.0 Å². The number of ether oxygens (including phenoxy) is 1. The van der Waals surface area contributed by atoms with E-state index in [1.54, 1.807) is 6.92 Å². The molecule has 1 amide bonds. The molecule has 2 aromatic heterocycles. The van der Waals surface area contributed by atoms with E-state index in [2.05, 4.69) is 15.6 Å². The second kappa shape index (κ2) is 7.65. The standard InChI is InChI=1S/C18H20N4O3S/c1-4-12-11(3)26-17(16(12)18(24)25-5-2)19-15(23)10-22-14-9-7-6-8-13(14)20-21-22/h6-9H,4-5,10H2,1-3H3,(H,19,23). The monoisotopic (exact) mass is 372 g/mol. The Morgan fingerprint density at radius 2 is 2.04 bits per heavy atom. The van der Waals surface area contributed by atoms with Crippen LogP contribution in [0.25, 0.3) is 11.0 Å². The number of anilines is 1. The highest BCUT2D eigenvalue weighted by molar-refractivity contribution is 7.16. The number of para-hydroxylation sites is 1. The molecule has 7 nitrogen and oxygen atoms in total. The van der Waals surface area contributed by atoms with E-state index in [1.165, 1.54) is 16.0 Å². The normalized spacial score (nSPS) is 10.9. The van der Waals surface area contributed by atoms with Gasteiger partial charge in [-0.15, -0.1) is 16.4 Å². The fourth-order valence-electron chi connectivity index (χ4n) is 2.85. The summed E-state index contributed by atoms with van der Waals surface area (Å²) >= 11 is 1.39. The number of thiophene rings is 1. The number of esters is 1. The maximum Gasteiger partial charge on any atom is 0.341 e. The van der Waals surface area contributed by atoms with E-state index in [-0.39, 0.29) is 19.1 Å². The minimum atomic E-state index is -0.407. The summed E-state index contributed by atoms with van der Waals surface area (Å²) in [6, 6.07) is 7.44. The molecule has 2 heterocycles. The zero-order valence-electron chi connectivity index (χ0n) is 14.9. The Labute approximate surface area is 155 Å². The molecule has 0 fully saturated rings. The average molecular weight is 372 g/mol. The van der Waals surface area contributed by atoms with Gasteiger partial charge in [-0.05, 0) is 38.0 Å². The van der Waals surface area contributed by atoms with Gasteiger partial charge in [-0.3, -0.25) is 4.79 Å². The third kappa shape index (κ3) is 3.45. The first-order valence-electron chi connectivity index (χ1n) is 8.42. The van der Waals surface area contributed by atoms with Gasteiger partial charge in [0, 0.05) is 4.88 Å². The number of aromatic nitrogens is 3. The average Bonchev–Trinajstić information content (AvgIpc) is 3.15. The van der Waals surface area contributed by atoms with Crippen LogP contribution in [0.4, 0.5) is 5.00 Å². The van der Waals surface area contributed by atoms with Gasteiger partial charge in [-0.2, -0.15) is 0 Å². The Bertz CT molecular complexity index is 961. The van der Waals surface area contributed by atoms with E-state index < -0.39 is 5.97 Å². The summed E-state index contributed by atoms with van der Waals surface area (Å²) in [7, 11) is 0. The summed E-state index contributed by atoms with van der Waals surface area (Å²) in [5.74, 6) is -0.676. The second-order valence-electron chi connectivity index (χ2n) is 5.70. The van der Waals surface area contributed by atoms with Crippen molar-refractivity contribution < 1.29 is 14.3 Å². The highest BCUT2D eigenvalue weighted by Gasteiger charge is 2.23. The van der Waals surface area contributed by atoms with Gasteiger partial charge in [0.15, 0.2) is 0 Å². The number of rotatable bonds is 6. The number of carbonyl (C=O) groups is 2. The fraction of sp³-hybridized carbons (Fsp3) is 0.333. The topological polar surface area (TPSA) is 86.1 Å². The molecule has 26 heavy (non-hydrogen) atoms. The smallest absolute Gasteiger partial charge is 0.341 e. The number of amides is 1. The van der Waals surface area contributed by atoms with Crippen molar-refractivity contribution in [2.45, 2.75) is 33.7 Å². The van der Waals surface area contributed by atoms with Gasteiger partial charge in [0.1, 0.15) is 17.1 Å². The molecule has 0 spiro atoms. The van der Waals surface area contributed by atoms with Crippen molar-refractivity contribution in [3.05, 3.63) is 40.3 Å². The minimum absolute atomic E-state index is 0.0151. The van der Waals surface area contributed by atoms with Crippen molar-refractivity contribution in [3.8, 4) is 0 Å². The molecule has 0 atom stereocenters. The van der Waals surface area contributed by atoms with Gasteiger partial charge in [-0.1, -0.05) is 24.3 Å². The summed E-state index contributed by atoms with van der Waals surface area (Å²) in [6.45, 7) is 5.98. The summed E-state index contributed by atoms with van der Waals surface area (Å²) < 4.78 is 6.70. The molecule has 0 unspecified atom stereocenters. The minimum Gasteiger partial charge on any atom is -0.462 e. The summed E-state index contributed by atoms with van der Waals surface area (Å²) in [4.78, 5) is 25.9. The molecule has 3 aromatic rings. The predicted molar refractivity (Wildman–Crippen MR) is 101 cm³/mol. The Hall–Kier alpha value is -2.74. The highest BCUT2D eigenvalue weighted by Crippen LogP contribution is 2.34. The number of fused-ring (bicyclic) bond motifs is 1. The largest absolute Gasteiger partial charge is 0.462 e. The molecule has 0 aliphatic heterocycles. The first-order chi connectivity index (χ1) is 12.5. The SMILES string of the molecule is CCOC(=O)c1c(NC(=O)Cn2nnc3ccccc32)sc(C)c1CC. The molecule has 1 N–H and O–H groups in total. The van der Waals surface area contributed by atoms with Gasteiger partial charge < -0.3 is 10.1 Å². The summed E-state index contributed by atoms with van der Waals surface area (Å²) in [6.07, 6.45) is 0.695. The van der Waals surface area contributed by atoms with Crippen LogP contribution in [0.3, 0.4) is 0 Å². The van der Waals surface area contributed by atoms with Crippen molar-refractivity contribution in [2.75, 3.05) is 11.9 Å². The van der Waals surface area contributed by atoms with Crippen molar-refractivity contribution >= 4 is 39.2 Å². The van der Waals surface area contributed by atoms with Crippen molar-refractivity contribution in [1.82, 2.24) is 15.0 Å². The lowest BCUT2D eigenvalue weighted by Crippen LogP contribution is -2.20. The van der Waals surface area contributed by atoms with E-state index in [1.807, 2.05) is 38.1 Å². The number of nitrogens with zero attached hydrogens (tertiary/aromatic N) is 3. The fourth-order valence-corrected chi connectivity index (χ4v) is 4.00. The van der Waals surface area contributed by atoms with Gasteiger partial charge in [0.05, 0.1) is 17.7 Å². The Morgan fingerprint density at radius 3 is 2.77 bits per heavy atom. The Kier molecular flexibility index (Phi) is 5.32. The van der Waals surface area contributed by atoms with E-state index in [0.717, 1.165) is 21.5 Å². The Morgan fingerprint density at radius 1 is 1.27 bits per heavy atom. The van der Waals surface area contributed by atoms with Crippen LogP contribution < -0.4 is 5.32 Å². The first-order valence-corrected chi connectivity index (χ1v) is 9.24. The van der Waals surface area contributed by atoms with Gasteiger partial charge >= 0.3 is 5.97 Å². The number of carbonyl (C=O) groups excluding carboxylic acids is 2. The Balaban J connectivity index is 1.84. The lowest BCUT2D eigenvalue weighted by Gasteiger charge is -2.08. The molecule has 0 bridgehead atoms. The van der Waals surface area contributed by atoms with Crippen molar-refractivity contribution in [2.24, 2.45) is 0 Å². The highest BCUT2D eigenvalue weighted by atomic mass is 32.1. The van der Waals surface area contributed by atoms with E-state index in [9.17, 15) is 9.59 Å². The molecule has 136 valence electrons. The number of hydrogen-bond donors (Lipinski definition) is 1. The van der Waals surface area contributed by atoms with Gasteiger partial charge in [0.25, 0.3) is 0 Å². The van der Waals surface area contributed by atoms with Gasteiger partial charge in [0.2, 0.25) is 5.91 Å². The number of benzene rings is 1. The lowest BCUT2D eigenvalue weighted by molar-refractivity contribution is -0.116. The molecule has 0 radical (unpaired) electrons. The number of hydrogen-bond acceptors (Lipinski definition) is 6. The molecule has 8 heteroatoms. The van der Waals surface area contributed by atoms with Crippen LogP contribution in [0.15, 0.2) is 24.3 Å². The van der Waals surface area contributed by atoms with Crippen LogP contribution >= 0.6 is 11.3 Å². The molecule has 0 saturated carbocycles. The molecule has 3 rings (SSSR count).